The number of ether oxygens (including phenoxy) is 5. The van der Waals surface area contributed by atoms with Gasteiger partial charge in [0.25, 0.3) is 10.1 Å². The minimum absolute atomic E-state index is 0. The van der Waals surface area contributed by atoms with Crippen molar-refractivity contribution in [3.63, 3.8) is 0 Å². The van der Waals surface area contributed by atoms with Crippen LogP contribution in [-0.2, 0) is 62.0 Å². The van der Waals surface area contributed by atoms with Crippen LogP contribution in [0.3, 0.4) is 0 Å². The first-order valence-electron chi connectivity index (χ1n) is 62.2. The van der Waals surface area contributed by atoms with E-state index in [0.29, 0.717) is 83.2 Å². The molecule has 0 saturated heterocycles. The third kappa shape index (κ3) is 136. The Morgan fingerprint density at radius 2 is 0.469 bits per heavy atom. The van der Waals surface area contributed by atoms with Crippen molar-refractivity contribution in [3.8, 4) is 0 Å². The predicted molar refractivity (Wildman–Crippen MR) is 630 cm³/mol. The SMILES string of the molecule is CC(C)CCCC(C)CCCC(C)CCCC(C)CCC(CCC(C)CCCC(C)CCCC(C)CCCC(C)C)OC(=O)CCCCCN(C)C.CC(C)CCCC(C)CCCC(C)CCCC(C)CCC(O)CCC(C)CCCC(C)CCCC(C)CCCC(C)C.CCOC(=O)CCCCCN(C)C.CCOC(=O)CCCCCO.CCOC(=O)CCCCCOS(C)(=O)=O.CCOC(=O)CCCCC[NH+](C)C.[Cl-]. The number of esters is 5. The summed E-state index contributed by atoms with van der Waals surface area (Å²) in [6.07, 6.45) is 76.8. The average Bonchev–Trinajstić information content (AvgIpc) is 0.936. The second-order valence-corrected chi connectivity index (χ2v) is 50.8. The summed E-state index contributed by atoms with van der Waals surface area (Å²) in [5.41, 5.74) is 0. The topological polar surface area (TPSA) is 226 Å². The van der Waals surface area contributed by atoms with Crippen LogP contribution in [0.15, 0.2) is 0 Å². The summed E-state index contributed by atoms with van der Waals surface area (Å²) in [5, 5.41) is 19.0. The maximum atomic E-state index is 12.9. The van der Waals surface area contributed by atoms with E-state index < -0.39 is 10.1 Å². The van der Waals surface area contributed by atoms with Crippen molar-refractivity contribution in [1.82, 2.24) is 9.80 Å². The molecule has 12 unspecified atom stereocenters. The van der Waals surface area contributed by atoms with Crippen molar-refractivity contribution in [2.45, 2.75) is 589 Å². The summed E-state index contributed by atoms with van der Waals surface area (Å²) >= 11 is 0. The Labute approximate surface area is 923 Å². The molecule has 20 heteroatoms. The summed E-state index contributed by atoms with van der Waals surface area (Å²) in [4.78, 5) is 62.2. The molecule has 0 aromatic rings. The maximum absolute atomic E-state index is 12.9. The Kier molecular flexibility index (Phi) is 121. The monoisotopic (exact) mass is 2130 g/mol. The summed E-state index contributed by atoms with van der Waals surface area (Å²) in [5.74, 6) is 13.0. The lowest BCUT2D eigenvalue weighted by Gasteiger charge is -2.22. The van der Waals surface area contributed by atoms with Crippen LogP contribution >= 0.6 is 0 Å². The number of nitrogens with zero attached hydrogens (tertiary/aromatic N) is 2. The Bertz CT molecular complexity index is 2740. The van der Waals surface area contributed by atoms with Crippen LogP contribution in [0, 0.1) is 94.7 Å². The highest BCUT2D eigenvalue weighted by atomic mass is 35.5. The van der Waals surface area contributed by atoms with Crippen LogP contribution in [-0.4, -0.2) is 178 Å². The molecule has 147 heavy (non-hydrogen) atoms. The third-order valence-corrected chi connectivity index (χ3v) is 30.0. The number of hydrogen-bond acceptors (Lipinski definition) is 17. The lowest BCUT2D eigenvalue weighted by Crippen LogP contribution is -3.05. The molecule has 0 saturated carbocycles. The van der Waals surface area contributed by atoms with E-state index in [2.05, 4.69) is 195 Å². The van der Waals surface area contributed by atoms with E-state index in [-0.39, 0.29) is 67.7 Å². The first-order valence-corrected chi connectivity index (χ1v) is 64.0. The fourth-order valence-electron chi connectivity index (χ4n) is 19.2. The molecule has 0 aliphatic heterocycles. The van der Waals surface area contributed by atoms with Crippen molar-refractivity contribution in [2.24, 2.45) is 94.7 Å². The summed E-state index contributed by atoms with van der Waals surface area (Å²) in [6.45, 7) is 61.1. The number of nitrogens with one attached hydrogen (secondary N) is 1. The van der Waals surface area contributed by atoms with Crippen LogP contribution in [0.5, 0.6) is 0 Å². The minimum Gasteiger partial charge on any atom is -1.00 e. The fourth-order valence-corrected chi connectivity index (χ4v) is 19.6. The standard InChI is InChI=1S/C49H99NO2.C41H84O.2C10H21NO2.C9H18O5S.C8H16O3.ClH/c1-40(2)22-16-24-42(5)26-18-28-44(7)30-20-32-46(9)35-37-48(52-49(51)34-14-13-15-39-50(11)12)38-36-47(10)33-21-31-45(8)29-19-27-43(6)25-17-23-41(3)4;1-33(2)17-11-19-35(5)21-13-23-37(7)25-15-27-39(9)29-31-41(42)32-30-40(10)28-16-26-38(8)24-14-22-36(6)20-12-18-34(3)4;2*1-4-13-10(12)8-6-5-7-9-11(2)3;1-3-13-9(10)7-5-4-6-8-14-15(2,11)12;1-2-11-8(10)6-4-3-5-7-9;/h40-48H,13-39H2,1-12H3;33-42H,11-32H2,1-10H3;2*4-9H2,1-3H3;3-8H2,1-2H3;9H,2-7H2,1H3;1H. The number of unbranched alkanes of at least 4 members (excludes halogenated alkanes) is 10. The predicted octanol–water partition coefficient (Wildman–Crippen LogP) is 30.9. The van der Waals surface area contributed by atoms with Gasteiger partial charge in [-0.2, -0.15) is 8.42 Å². The largest absolute Gasteiger partial charge is 1.00 e. The number of rotatable bonds is 95. The van der Waals surface area contributed by atoms with Gasteiger partial charge >= 0.3 is 29.8 Å². The van der Waals surface area contributed by atoms with E-state index in [4.69, 9.17) is 28.8 Å². The Balaban J connectivity index is -0.000000360. The molecule has 0 fully saturated rings. The van der Waals surface area contributed by atoms with Crippen molar-refractivity contribution >= 4 is 40.0 Å². The second kappa shape index (κ2) is 113. The van der Waals surface area contributed by atoms with Crippen LogP contribution in [0.4, 0.5) is 0 Å². The van der Waals surface area contributed by atoms with Gasteiger partial charge in [-0.1, -0.05) is 395 Å². The molecule has 3 N–H and O–H groups in total. The van der Waals surface area contributed by atoms with Crippen LogP contribution < -0.4 is 17.3 Å². The van der Waals surface area contributed by atoms with Gasteiger partial charge < -0.3 is 61.0 Å². The van der Waals surface area contributed by atoms with E-state index in [0.717, 1.165) is 205 Å². The van der Waals surface area contributed by atoms with Gasteiger partial charge in [-0.3, -0.25) is 28.2 Å². The number of quaternary nitrogens is 1. The molecule has 0 bridgehead atoms. The maximum Gasteiger partial charge on any atom is 0.306 e. The summed E-state index contributed by atoms with van der Waals surface area (Å²) in [6, 6.07) is 0. The Morgan fingerprint density at radius 1 is 0.265 bits per heavy atom. The lowest BCUT2D eigenvalue weighted by molar-refractivity contribution is -0.858. The van der Waals surface area contributed by atoms with E-state index in [1.54, 1.807) is 13.8 Å². The molecule has 18 nitrogen and oxygen atoms in total. The Hall–Kier alpha value is -2.65. The third-order valence-electron chi connectivity index (χ3n) is 29.4. The smallest absolute Gasteiger partial charge is 0.306 e. The second-order valence-electron chi connectivity index (χ2n) is 49.2. The van der Waals surface area contributed by atoms with Gasteiger partial charge in [0.15, 0.2) is 0 Å². The Morgan fingerprint density at radius 3 is 0.680 bits per heavy atom. The first-order chi connectivity index (χ1) is 69.1. The van der Waals surface area contributed by atoms with Crippen LogP contribution in [0.2, 0.25) is 0 Å². The van der Waals surface area contributed by atoms with E-state index in [9.17, 15) is 37.5 Å². The minimum atomic E-state index is -3.33. The van der Waals surface area contributed by atoms with Gasteiger partial charge in [0, 0.05) is 38.7 Å². The number of aliphatic hydroxyl groups excluding tert-OH is 2. The van der Waals surface area contributed by atoms with Crippen molar-refractivity contribution < 1.29 is 87.8 Å². The molecule has 886 valence electrons. The molecular weight excluding hydrogens is 1870 g/mol. The zero-order chi connectivity index (χ0) is 111. The van der Waals surface area contributed by atoms with Gasteiger partial charge in [0.1, 0.15) is 6.10 Å². The molecule has 12 atom stereocenters. The molecule has 0 aliphatic carbocycles. The molecule has 0 heterocycles. The van der Waals surface area contributed by atoms with Crippen molar-refractivity contribution in [1.29, 1.82) is 0 Å². The van der Waals surface area contributed by atoms with Crippen LogP contribution in [0.25, 0.3) is 0 Å². The van der Waals surface area contributed by atoms with Gasteiger partial charge in [-0.25, -0.2) is 0 Å². The van der Waals surface area contributed by atoms with E-state index >= 15 is 0 Å². The normalized spacial score (nSPS) is 14.4. The lowest BCUT2D eigenvalue weighted by atomic mass is 9.89. The number of aliphatic hydroxyl groups is 2. The van der Waals surface area contributed by atoms with Crippen LogP contribution in [0.1, 0.15) is 577 Å². The van der Waals surface area contributed by atoms with Gasteiger partial charge in [0.05, 0.1) is 66.0 Å². The summed E-state index contributed by atoms with van der Waals surface area (Å²) in [7, 11) is 9.33. The molecule has 0 rings (SSSR count). The van der Waals surface area contributed by atoms with Gasteiger partial charge in [0.2, 0.25) is 0 Å². The molecular formula is C127H260ClN3O15S. The number of carbonyl (C=O) groups excluding carboxylic acids is 5. The molecule has 0 amide bonds. The van der Waals surface area contributed by atoms with E-state index in [1.165, 1.54) is 275 Å². The molecule has 0 aliphatic rings. The zero-order valence-electron chi connectivity index (χ0n) is 104. The first kappa shape index (κ1) is 157. The van der Waals surface area contributed by atoms with E-state index in [1.807, 2.05) is 13.8 Å². The molecule has 0 radical (unpaired) electrons. The zero-order valence-corrected chi connectivity index (χ0v) is 105. The highest BCUT2D eigenvalue weighted by Gasteiger charge is 2.21. The molecule has 0 spiro atoms. The number of halogens is 1. The van der Waals surface area contributed by atoms with Crippen molar-refractivity contribution in [3.05, 3.63) is 0 Å². The highest BCUT2D eigenvalue weighted by Crippen LogP contribution is 2.31. The highest BCUT2D eigenvalue weighted by molar-refractivity contribution is 7.86. The van der Waals surface area contributed by atoms with Gasteiger partial charge in [-0.15, -0.1) is 0 Å². The molecule has 0 aromatic heterocycles. The van der Waals surface area contributed by atoms with Crippen molar-refractivity contribution in [2.75, 3.05) is 108 Å². The van der Waals surface area contributed by atoms with Gasteiger partial charge in [-0.05, 0) is 286 Å². The molecule has 0 aromatic carbocycles. The fraction of sp³-hybridized carbons (Fsp3) is 0.961. The summed E-state index contributed by atoms with van der Waals surface area (Å²) < 4.78 is 51.0. The number of carbonyl (C=O) groups is 5. The number of hydrogen-bond donors (Lipinski definition) is 3. The average molecular weight is 2140 g/mol. The quantitative estimate of drug-likeness (QED) is 0.0223.